The van der Waals surface area contributed by atoms with E-state index in [9.17, 15) is 13.2 Å². The van der Waals surface area contributed by atoms with Crippen molar-refractivity contribution < 1.29 is 22.6 Å². The van der Waals surface area contributed by atoms with Crippen LogP contribution in [0.4, 0.5) is 13.2 Å². The number of alkyl halides is 3. The second-order valence-electron chi connectivity index (χ2n) is 3.30. The van der Waals surface area contributed by atoms with E-state index in [4.69, 9.17) is 4.74 Å². The van der Waals surface area contributed by atoms with Crippen LogP contribution in [0.2, 0.25) is 0 Å². The first-order chi connectivity index (χ1) is 8.03. The SMILES string of the molecule is CNCCOc1ccccc1OCC(F)(F)F. The number of nitrogens with one attached hydrogen (secondary N) is 1. The van der Waals surface area contributed by atoms with E-state index in [0.717, 1.165) is 0 Å². The summed E-state index contributed by atoms with van der Waals surface area (Å²) >= 11 is 0. The molecule has 0 atom stereocenters. The molecular formula is C11H14F3NO2. The largest absolute Gasteiger partial charge is 0.488 e. The van der Waals surface area contributed by atoms with E-state index in [0.29, 0.717) is 18.9 Å². The highest BCUT2D eigenvalue weighted by molar-refractivity contribution is 5.39. The molecule has 0 saturated carbocycles. The monoisotopic (exact) mass is 249 g/mol. The van der Waals surface area contributed by atoms with Gasteiger partial charge in [-0.15, -0.1) is 0 Å². The molecule has 0 aliphatic rings. The standard InChI is InChI=1S/C11H14F3NO2/c1-15-6-7-16-9-4-2-3-5-10(9)17-8-11(12,13)14/h2-5,15H,6-8H2,1H3. The zero-order valence-electron chi connectivity index (χ0n) is 9.38. The van der Waals surface area contributed by atoms with Crippen LogP contribution in [0.3, 0.4) is 0 Å². The molecule has 1 N–H and O–H groups in total. The first-order valence-electron chi connectivity index (χ1n) is 5.09. The topological polar surface area (TPSA) is 30.5 Å². The molecule has 0 aliphatic carbocycles. The molecule has 0 spiro atoms. The van der Waals surface area contributed by atoms with Crippen molar-refractivity contribution in [2.24, 2.45) is 0 Å². The van der Waals surface area contributed by atoms with Gasteiger partial charge in [0.1, 0.15) is 6.61 Å². The van der Waals surface area contributed by atoms with Crippen molar-refractivity contribution in [2.75, 3.05) is 26.8 Å². The van der Waals surface area contributed by atoms with Crippen molar-refractivity contribution >= 4 is 0 Å². The van der Waals surface area contributed by atoms with Crippen LogP contribution in [0.25, 0.3) is 0 Å². The molecule has 0 saturated heterocycles. The summed E-state index contributed by atoms with van der Waals surface area (Å²) in [7, 11) is 1.76. The molecular weight excluding hydrogens is 235 g/mol. The van der Waals surface area contributed by atoms with Crippen LogP contribution in [-0.2, 0) is 0 Å². The Kier molecular flexibility index (Phi) is 5.09. The minimum Gasteiger partial charge on any atom is -0.488 e. The third-order valence-electron chi connectivity index (χ3n) is 1.85. The maximum Gasteiger partial charge on any atom is 0.422 e. The lowest BCUT2D eigenvalue weighted by atomic mass is 10.3. The first kappa shape index (κ1) is 13.6. The average Bonchev–Trinajstić information content (AvgIpc) is 2.27. The van der Waals surface area contributed by atoms with Crippen molar-refractivity contribution in [1.82, 2.24) is 5.32 Å². The molecule has 1 aromatic rings. The summed E-state index contributed by atoms with van der Waals surface area (Å²) in [5.41, 5.74) is 0. The Labute approximate surface area is 97.5 Å². The van der Waals surface area contributed by atoms with E-state index in [1.165, 1.54) is 6.07 Å². The van der Waals surface area contributed by atoms with Crippen LogP contribution in [0, 0.1) is 0 Å². The fourth-order valence-electron chi connectivity index (χ4n) is 1.11. The van der Waals surface area contributed by atoms with E-state index < -0.39 is 12.8 Å². The predicted molar refractivity (Wildman–Crippen MR) is 57.4 cm³/mol. The van der Waals surface area contributed by atoms with Gasteiger partial charge in [0.25, 0.3) is 0 Å². The normalized spacial score (nSPS) is 11.3. The third-order valence-corrected chi connectivity index (χ3v) is 1.85. The van der Waals surface area contributed by atoms with Crippen LogP contribution < -0.4 is 14.8 Å². The van der Waals surface area contributed by atoms with Crippen LogP contribution in [0.15, 0.2) is 24.3 Å². The van der Waals surface area contributed by atoms with Gasteiger partial charge in [0.05, 0.1) is 0 Å². The van der Waals surface area contributed by atoms with Gasteiger partial charge in [-0.2, -0.15) is 13.2 Å². The minimum atomic E-state index is -4.35. The zero-order valence-corrected chi connectivity index (χ0v) is 9.38. The summed E-state index contributed by atoms with van der Waals surface area (Å²) in [6, 6.07) is 6.29. The Morgan fingerprint density at radius 2 is 1.71 bits per heavy atom. The fourth-order valence-corrected chi connectivity index (χ4v) is 1.11. The third kappa shape index (κ3) is 5.44. The molecule has 0 heterocycles. The van der Waals surface area contributed by atoms with Gasteiger partial charge in [0.2, 0.25) is 0 Å². The summed E-state index contributed by atoms with van der Waals surface area (Å²) in [6.45, 7) is -0.351. The Hall–Kier alpha value is -1.43. The van der Waals surface area contributed by atoms with Gasteiger partial charge in [-0.1, -0.05) is 12.1 Å². The first-order valence-corrected chi connectivity index (χ1v) is 5.09. The van der Waals surface area contributed by atoms with Gasteiger partial charge in [0, 0.05) is 6.54 Å². The summed E-state index contributed by atoms with van der Waals surface area (Å²) in [6.07, 6.45) is -4.35. The highest BCUT2D eigenvalue weighted by atomic mass is 19.4. The molecule has 96 valence electrons. The number of hydrogen-bond donors (Lipinski definition) is 1. The molecule has 1 aromatic carbocycles. The van der Waals surface area contributed by atoms with E-state index >= 15 is 0 Å². The maximum atomic E-state index is 12.0. The molecule has 17 heavy (non-hydrogen) atoms. The Morgan fingerprint density at radius 3 is 2.24 bits per heavy atom. The molecule has 0 radical (unpaired) electrons. The van der Waals surface area contributed by atoms with Gasteiger partial charge in [-0.3, -0.25) is 0 Å². The summed E-state index contributed by atoms with van der Waals surface area (Å²) < 4.78 is 46.0. The van der Waals surface area contributed by atoms with E-state index in [1.807, 2.05) is 0 Å². The fraction of sp³-hybridized carbons (Fsp3) is 0.455. The smallest absolute Gasteiger partial charge is 0.422 e. The van der Waals surface area contributed by atoms with Crippen molar-refractivity contribution in [1.29, 1.82) is 0 Å². The lowest BCUT2D eigenvalue weighted by Crippen LogP contribution is -2.20. The molecule has 1 rings (SSSR count). The second-order valence-corrected chi connectivity index (χ2v) is 3.30. The van der Waals surface area contributed by atoms with E-state index in [1.54, 1.807) is 25.2 Å². The lowest BCUT2D eigenvalue weighted by molar-refractivity contribution is -0.153. The molecule has 0 amide bonds. The van der Waals surface area contributed by atoms with Gasteiger partial charge >= 0.3 is 6.18 Å². The summed E-state index contributed by atoms with van der Waals surface area (Å²) in [4.78, 5) is 0. The van der Waals surface area contributed by atoms with Gasteiger partial charge in [-0.05, 0) is 19.2 Å². The van der Waals surface area contributed by atoms with Crippen molar-refractivity contribution in [2.45, 2.75) is 6.18 Å². The highest BCUT2D eigenvalue weighted by Crippen LogP contribution is 2.28. The molecule has 0 unspecified atom stereocenters. The molecule has 0 aliphatic heterocycles. The van der Waals surface area contributed by atoms with Crippen molar-refractivity contribution in [3.63, 3.8) is 0 Å². The summed E-state index contributed by atoms with van der Waals surface area (Å²) in [5.74, 6) is 0.410. The molecule has 6 heteroatoms. The maximum absolute atomic E-state index is 12.0. The molecule has 3 nitrogen and oxygen atoms in total. The quantitative estimate of drug-likeness (QED) is 0.784. The van der Waals surface area contributed by atoms with Crippen molar-refractivity contribution in [3.05, 3.63) is 24.3 Å². The molecule has 0 fully saturated rings. The van der Waals surface area contributed by atoms with Crippen LogP contribution in [0.1, 0.15) is 0 Å². The Balaban J connectivity index is 2.58. The average molecular weight is 249 g/mol. The molecule has 0 aromatic heterocycles. The zero-order chi connectivity index (χ0) is 12.7. The summed E-state index contributed by atoms with van der Waals surface area (Å²) in [5, 5.41) is 2.87. The number of hydrogen-bond acceptors (Lipinski definition) is 3. The van der Waals surface area contributed by atoms with Crippen molar-refractivity contribution in [3.8, 4) is 11.5 Å². The number of rotatable bonds is 6. The number of ether oxygens (including phenoxy) is 2. The van der Waals surface area contributed by atoms with Gasteiger partial charge in [-0.25, -0.2) is 0 Å². The lowest BCUT2D eigenvalue weighted by Gasteiger charge is -2.13. The highest BCUT2D eigenvalue weighted by Gasteiger charge is 2.28. The van der Waals surface area contributed by atoms with Crippen LogP contribution in [-0.4, -0.2) is 33.0 Å². The van der Waals surface area contributed by atoms with E-state index in [2.05, 4.69) is 10.1 Å². The second kappa shape index (κ2) is 6.34. The number of para-hydroxylation sites is 2. The van der Waals surface area contributed by atoms with Crippen LogP contribution in [0.5, 0.6) is 11.5 Å². The van der Waals surface area contributed by atoms with Gasteiger partial charge in [0.15, 0.2) is 18.1 Å². The van der Waals surface area contributed by atoms with Gasteiger partial charge < -0.3 is 14.8 Å². The molecule has 0 bridgehead atoms. The number of halogens is 3. The van der Waals surface area contributed by atoms with E-state index in [-0.39, 0.29) is 5.75 Å². The Bertz CT molecular complexity index is 342. The Morgan fingerprint density at radius 1 is 1.12 bits per heavy atom. The number of likely N-dealkylation sites (N-methyl/N-ethyl adjacent to an activating group) is 1. The van der Waals surface area contributed by atoms with Crippen LogP contribution >= 0.6 is 0 Å². The number of benzene rings is 1. The predicted octanol–water partition coefficient (Wildman–Crippen LogP) is 2.23. The minimum absolute atomic E-state index is 0.0981.